The van der Waals surface area contributed by atoms with Crippen LogP contribution in [0.2, 0.25) is 0 Å². The average molecular weight is 323 g/mol. The summed E-state index contributed by atoms with van der Waals surface area (Å²) < 4.78 is 1.09. The molecule has 0 bridgehead atoms. The number of hydrogen-bond acceptors (Lipinski definition) is 4. The third-order valence-electron chi connectivity index (χ3n) is 4.68. The molecule has 0 aliphatic heterocycles. The lowest BCUT2D eigenvalue weighted by molar-refractivity contribution is 0.0964. The molecule has 0 saturated heterocycles. The Bertz CT molecular complexity index is 947. The first-order valence-corrected chi connectivity index (χ1v) is 7.78. The molecule has 124 valence electrons. The average Bonchev–Trinajstić information content (AvgIpc) is 2.51. The third kappa shape index (κ3) is 2.88. The molecular weight excluding hydrogens is 302 g/mol. The number of nitriles is 1. The number of benzene rings is 1. The fourth-order valence-corrected chi connectivity index (χ4v) is 2.94. The third-order valence-corrected chi connectivity index (χ3v) is 4.68. The molecule has 24 heavy (non-hydrogen) atoms. The Morgan fingerprint density at radius 1 is 1.08 bits per heavy atom. The van der Waals surface area contributed by atoms with Crippen molar-refractivity contribution in [3.05, 3.63) is 61.1 Å². The Labute approximate surface area is 141 Å². The van der Waals surface area contributed by atoms with E-state index in [0.29, 0.717) is 16.8 Å². The van der Waals surface area contributed by atoms with E-state index in [1.165, 1.54) is 0 Å². The summed E-state index contributed by atoms with van der Waals surface area (Å²) in [6.45, 7) is 11.0. The summed E-state index contributed by atoms with van der Waals surface area (Å²) in [5.74, 6) is -0.171. The lowest BCUT2D eigenvalue weighted by Gasteiger charge is -2.15. The van der Waals surface area contributed by atoms with Crippen LogP contribution < -0.4 is 5.56 Å². The Hall–Kier alpha value is -2.74. The van der Waals surface area contributed by atoms with Crippen LogP contribution in [0.15, 0.2) is 10.9 Å². The van der Waals surface area contributed by atoms with Gasteiger partial charge in [-0.2, -0.15) is 10.4 Å². The molecule has 0 amide bonds. The normalized spacial score (nSPS) is 10.5. The number of Topliss-reactive ketones (excluding diaryl/α,β-unsaturated/α-hetero) is 1. The first-order valence-electron chi connectivity index (χ1n) is 7.78. The molecule has 5 heteroatoms. The molecule has 2 aromatic rings. The number of nitrogens with zero attached hydrogens (tertiary/aromatic N) is 3. The van der Waals surface area contributed by atoms with Crippen LogP contribution in [0.25, 0.3) is 0 Å². The maximum absolute atomic E-state index is 12.8. The van der Waals surface area contributed by atoms with E-state index >= 15 is 0 Å². The van der Waals surface area contributed by atoms with Gasteiger partial charge in [-0.05, 0) is 69.4 Å². The van der Waals surface area contributed by atoms with Crippen molar-refractivity contribution in [3.63, 3.8) is 0 Å². The van der Waals surface area contributed by atoms with Crippen molar-refractivity contribution in [2.24, 2.45) is 0 Å². The fraction of sp³-hybridized carbons (Fsp3) is 0.368. The van der Waals surface area contributed by atoms with Gasteiger partial charge in [0.05, 0.1) is 5.69 Å². The van der Waals surface area contributed by atoms with Crippen LogP contribution in [0.3, 0.4) is 0 Å². The molecule has 0 aliphatic rings. The van der Waals surface area contributed by atoms with Gasteiger partial charge < -0.3 is 0 Å². The molecule has 0 atom stereocenters. The maximum atomic E-state index is 12.8. The van der Waals surface area contributed by atoms with Crippen LogP contribution in [0, 0.1) is 52.9 Å². The Kier molecular flexibility index (Phi) is 4.70. The minimum atomic E-state index is -0.520. The second kappa shape index (κ2) is 6.40. The van der Waals surface area contributed by atoms with Crippen molar-refractivity contribution in [2.75, 3.05) is 0 Å². The highest BCUT2D eigenvalue weighted by Gasteiger charge is 2.19. The lowest BCUT2D eigenvalue weighted by atomic mass is 9.92. The molecule has 0 aliphatic carbocycles. The molecule has 0 unspecified atom stereocenters. The Balaban J connectivity index is 2.54. The number of aromatic nitrogens is 2. The zero-order valence-electron chi connectivity index (χ0n) is 14.9. The molecule has 1 heterocycles. The summed E-state index contributed by atoms with van der Waals surface area (Å²) in [7, 11) is 0. The Morgan fingerprint density at radius 3 is 2.29 bits per heavy atom. The summed E-state index contributed by atoms with van der Waals surface area (Å²) in [5, 5.41) is 13.4. The molecule has 0 saturated carbocycles. The van der Waals surface area contributed by atoms with Gasteiger partial charge in [-0.3, -0.25) is 9.59 Å². The van der Waals surface area contributed by atoms with Crippen molar-refractivity contribution < 1.29 is 4.79 Å². The van der Waals surface area contributed by atoms with Gasteiger partial charge in [0.15, 0.2) is 5.78 Å². The van der Waals surface area contributed by atoms with Gasteiger partial charge in [-0.1, -0.05) is 6.07 Å². The number of aryl methyl sites for hydroxylation is 3. The number of rotatable bonds is 3. The molecule has 0 N–H and O–H groups in total. The second-order valence-corrected chi connectivity index (χ2v) is 6.22. The van der Waals surface area contributed by atoms with Gasteiger partial charge in [-0.15, -0.1) is 0 Å². The van der Waals surface area contributed by atoms with E-state index in [0.717, 1.165) is 26.9 Å². The maximum Gasteiger partial charge on any atom is 0.285 e. The van der Waals surface area contributed by atoms with Gasteiger partial charge >= 0.3 is 0 Å². The molecule has 1 aromatic heterocycles. The predicted octanol–water partition coefficient (Wildman–Crippen LogP) is 2.85. The summed E-state index contributed by atoms with van der Waals surface area (Å²) in [5.41, 5.74) is 5.31. The summed E-state index contributed by atoms with van der Waals surface area (Å²) in [4.78, 5) is 25.1. The molecule has 0 spiro atoms. The quantitative estimate of drug-likeness (QED) is 0.814. The fourth-order valence-electron chi connectivity index (χ4n) is 2.94. The summed E-state index contributed by atoms with van der Waals surface area (Å²) in [6.07, 6.45) is 0. The van der Waals surface area contributed by atoms with Crippen LogP contribution in [0.5, 0.6) is 0 Å². The summed E-state index contributed by atoms with van der Waals surface area (Å²) >= 11 is 0. The van der Waals surface area contributed by atoms with Crippen LogP contribution in [-0.4, -0.2) is 15.6 Å². The zero-order valence-corrected chi connectivity index (χ0v) is 14.9. The highest BCUT2D eigenvalue weighted by Crippen LogP contribution is 2.22. The molecule has 0 radical (unpaired) electrons. The van der Waals surface area contributed by atoms with E-state index in [4.69, 9.17) is 0 Å². The standard InChI is InChI=1S/C19H21N3O2/c1-10-7-11(2)18(13(4)12(10)3)17(23)9-22-19(24)16(8-20)14(5)15(6)21-22/h7H,9H2,1-6H3. The van der Waals surface area contributed by atoms with E-state index in [1.807, 2.05) is 39.8 Å². The second-order valence-electron chi connectivity index (χ2n) is 6.22. The highest BCUT2D eigenvalue weighted by atomic mass is 16.1. The monoisotopic (exact) mass is 323 g/mol. The van der Waals surface area contributed by atoms with E-state index in [9.17, 15) is 14.9 Å². The lowest BCUT2D eigenvalue weighted by Crippen LogP contribution is -2.31. The molecule has 2 rings (SSSR count). The van der Waals surface area contributed by atoms with Crippen LogP contribution in [-0.2, 0) is 6.54 Å². The van der Waals surface area contributed by atoms with Crippen molar-refractivity contribution in [1.29, 1.82) is 5.26 Å². The number of carbonyl (C=O) groups excluding carboxylic acids is 1. The van der Waals surface area contributed by atoms with E-state index in [2.05, 4.69) is 5.10 Å². The molecule has 5 nitrogen and oxygen atoms in total. The molecular formula is C19H21N3O2. The van der Waals surface area contributed by atoms with Gasteiger partial charge in [0.2, 0.25) is 0 Å². The SMILES string of the molecule is Cc1cc(C)c(C(=O)Cn2nc(C)c(C)c(C#N)c2=O)c(C)c1C. The molecule has 1 aromatic carbocycles. The van der Waals surface area contributed by atoms with Gasteiger partial charge in [0.25, 0.3) is 5.56 Å². The largest absolute Gasteiger partial charge is 0.292 e. The van der Waals surface area contributed by atoms with Gasteiger partial charge in [-0.25, -0.2) is 4.68 Å². The number of carbonyl (C=O) groups is 1. The summed E-state index contributed by atoms with van der Waals surface area (Å²) in [6, 6.07) is 3.89. The Morgan fingerprint density at radius 2 is 1.71 bits per heavy atom. The number of hydrogen-bond donors (Lipinski definition) is 0. The van der Waals surface area contributed by atoms with Crippen LogP contribution in [0.1, 0.15) is 49.4 Å². The van der Waals surface area contributed by atoms with Crippen molar-refractivity contribution in [3.8, 4) is 6.07 Å². The first kappa shape index (κ1) is 17.6. The van der Waals surface area contributed by atoms with Crippen LogP contribution in [0.4, 0.5) is 0 Å². The molecule has 0 fully saturated rings. The van der Waals surface area contributed by atoms with E-state index in [1.54, 1.807) is 13.8 Å². The minimum absolute atomic E-state index is 0.0452. The van der Waals surface area contributed by atoms with Gasteiger partial charge in [0, 0.05) is 5.56 Å². The minimum Gasteiger partial charge on any atom is -0.292 e. The topological polar surface area (TPSA) is 75.8 Å². The first-order chi connectivity index (χ1) is 11.2. The highest BCUT2D eigenvalue weighted by molar-refractivity contribution is 5.99. The smallest absolute Gasteiger partial charge is 0.285 e. The van der Waals surface area contributed by atoms with Crippen molar-refractivity contribution in [1.82, 2.24) is 9.78 Å². The van der Waals surface area contributed by atoms with Crippen molar-refractivity contribution >= 4 is 5.78 Å². The predicted molar refractivity (Wildman–Crippen MR) is 92.4 cm³/mol. The van der Waals surface area contributed by atoms with E-state index in [-0.39, 0.29) is 17.9 Å². The van der Waals surface area contributed by atoms with Crippen molar-refractivity contribution in [2.45, 2.75) is 48.1 Å². The van der Waals surface area contributed by atoms with Gasteiger partial charge in [0.1, 0.15) is 18.2 Å². The van der Waals surface area contributed by atoms with Crippen LogP contribution >= 0.6 is 0 Å². The zero-order chi connectivity index (χ0) is 18.2. The van der Waals surface area contributed by atoms with E-state index < -0.39 is 5.56 Å². The number of ketones is 1.